The van der Waals surface area contributed by atoms with Gasteiger partial charge in [-0.1, -0.05) is 48.5 Å². The molecule has 0 aliphatic heterocycles. The minimum atomic E-state index is 0.137. The molecule has 0 saturated heterocycles. The summed E-state index contributed by atoms with van der Waals surface area (Å²) >= 11 is 0. The van der Waals surface area contributed by atoms with E-state index in [1.807, 2.05) is 84.9 Å². The van der Waals surface area contributed by atoms with E-state index < -0.39 is 0 Å². The van der Waals surface area contributed by atoms with Gasteiger partial charge in [0.15, 0.2) is 5.78 Å². The largest absolute Gasteiger partial charge is 0.356 e. The second-order valence-electron chi connectivity index (χ2n) is 5.15. The topological polar surface area (TPSA) is 29.1 Å². The summed E-state index contributed by atoms with van der Waals surface area (Å²) in [5.41, 5.74) is 3.79. The Kier molecular flexibility index (Phi) is 4.30. The summed E-state index contributed by atoms with van der Waals surface area (Å²) < 4.78 is 0. The van der Waals surface area contributed by atoms with Crippen LogP contribution in [0.2, 0.25) is 0 Å². The minimum Gasteiger partial charge on any atom is -0.356 e. The number of carbonyl (C=O) groups excluding carboxylic acids is 1. The minimum absolute atomic E-state index is 0.137. The van der Waals surface area contributed by atoms with E-state index in [-0.39, 0.29) is 5.78 Å². The Morgan fingerprint density at radius 2 is 1.23 bits per heavy atom. The molecule has 0 bridgehead atoms. The van der Waals surface area contributed by atoms with Crippen molar-refractivity contribution < 1.29 is 4.79 Å². The van der Waals surface area contributed by atoms with E-state index in [0.717, 1.165) is 22.5 Å². The van der Waals surface area contributed by atoms with Crippen LogP contribution in [0.5, 0.6) is 0 Å². The first-order valence-corrected chi connectivity index (χ1v) is 7.30. The SMILES string of the molecule is O=C(Cc1ccccc1)c1ccc(Nc2ccccc2)cc1. The number of nitrogens with one attached hydrogen (secondary N) is 1. The number of anilines is 2. The van der Waals surface area contributed by atoms with Crippen LogP contribution in [0.4, 0.5) is 11.4 Å². The van der Waals surface area contributed by atoms with Crippen molar-refractivity contribution in [2.24, 2.45) is 0 Å². The van der Waals surface area contributed by atoms with Crippen LogP contribution in [0.3, 0.4) is 0 Å². The molecule has 0 saturated carbocycles. The maximum absolute atomic E-state index is 12.3. The first-order chi connectivity index (χ1) is 10.8. The number of para-hydroxylation sites is 1. The van der Waals surface area contributed by atoms with Crippen molar-refractivity contribution in [3.8, 4) is 0 Å². The standard InChI is InChI=1S/C20H17NO/c22-20(15-16-7-3-1-4-8-16)17-11-13-19(14-12-17)21-18-9-5-2-6-10-18/h1-14,21H,15H2. The predicted molar refractivity (Wildman–Crippen MR) is 90.6 cm³/mol. The maximum atomic E-state index is 12.3. The van der Waals surface area contributed by atoms with Crippen LogP contribution in [0, 0.1) is 0 Å². The van der Waals surface area contributed by atoms with E-state index in [0.29, 0.717) is 6.42 Å². The molecule has 0 aromatic heterocycles. The van der Waals surface area contributed by atoms with Gasteiger partial charge < -0.3 is 5.32 Å². The third-order valence-corrected chi connectivity index (χ3v) is 3.48. The molecule has 3 aromatic carbocycles. The van der Waals surface area contributed by atoms with Crippen LogP contribution in [0.25, 0.3) is 0 Å². The molecule has 1 N–H and O–H groups in total. The van der Waals surface area contributed by atoms with Gasteiger partial charge in [-0.3, -0.25) is 4.79 Å². The molecule has 0 aliphatic carbocycles. The summed E-state index contributed by atoms with van der Waals surface area (Å²) in [6.45, 7) is 0. The lowest BCUT2D eigenvalue weighted by Gasteiger charge is -2.07. The molecule has 108 valence electrons. The van der Waals surface area contributed by atoms with E-state index >= 15 is 0 Å². The van der Waals surface area contributed by atoms with Crippen molar-refractivity contribution in [3.63, 3.8) is 0 Å². The summed E-state index contributed by atoms with van der Waals surface area (Å²) in [6.07, 6.45) is 0.437. The van der Waals surface area contributed by atoms with Crippen molar-refractivity contribution in [2.45, 2.75) is 6.42 Å². The first kappa shape index (κ1) is 14.1. The van der Waals surface area contributed by atoms with E-state index in [1.165, 1.54) is 0 Å². The summed E-state index contributed by atoms with van der Waals surface area (Å²) in [5.74, 6) is 0.137. The van der Waals surface area contributed by atoms with Crippen molar-refractivity contribution >= 4 is 17.2 Å². The smallest absolute Gasteiger partial charge is 0.167 e. The number of hydrogen-bond acceptors (Lipinski definition) is 2. The van der Waals surface area contributed by atoms with Crippen LogP contribution in [-0.4, -0.2) is 5.78 Å². The van der Waals surface area contributed by atoms with Crippen LogP contribution >= 0.6 is 0 Å². The van der Waals surface area contributed by atoms with Gasteiger partial charge in [0.25, 0.3) is 0 Å². The molecule has 2 nitrogen and oxygen atoms in total. The van der Waals surface area contributed by atoms with Gasteiger partial charge in [-0.15, -0.1) is 0 Å². The van der Waals surface area contributed by atoms with Crippen molar-refractivity contribution in [1.82, 2.24) is 0 Å². The number of carbonyl (C=O) groups is 1. The van der Waals surface area contributed by atoms with Gasteiger partial charge in [-0.2, -0.15) is 0 Å². The Balaban J connectivity index is 1.67. The maximum Gasteiger partial charge on any atom is 0.167 e. The normalized spacial score (nSPS) is 10.2. The fourth-order valence-electron chi connectivity index (χ4n) is 2.31. The monoisotopic (exact) mass is 287 g/mol. The number of ketones is 1. The Morgan fingerprint density at radius 1 is 0.682 bits per heavy atom. The molecule has 0 radical (unpaired) electrons. The average molecular weight is 287 g/mol. The highest BCUT2D eigenvalue weighted by molar-refractivity contribution is 5.97. The molecule has 0 fully saturated rings. The average Bonchev–Trinajstić information content (AvgIpc) is 2.57. The lowest BCUT2D eigenvalue weighted by Crippen LogP contribution is -2.03. The van der Waals surface area contributed by atoms with Gasteiger partial charge in [-0.05, 0) is 42.0 Å². The van der Waals surface area contributed by atoms with Crippen molar-refractivity contribution in [1.29, 1.82) is 0 Å². The predicted octanol–water partition coefficient (Wildman–Crippen LogP) is 4.86. The fourth-order valence-corrected chi connectivity index (χ4v) is 2.31. The highest BCUT2D eigenvalue weighted by atomic mass is 16.1. The summed E-state index contributed by atoms with van der Waals surface area (Å²) in [4.78, 5) is 12.3. The van der Waals surface area contributed by atoms with Gasteiger partial charge in [0.2, 0.25) is 0 Å². The van der Waals surface area contributed by atoms with Crippen LogP contribution in [-0.2, 0) is 6.42 Å². The number of hydrogen-bond donors (Lipinski definition) is 1. The third-order valence-electron chi connectivity index (χ3n) is 3.48. The zero-order valence-electron chi connectivity index (χ0n) is 12.2. The van der Waals surface area contributed by atoms with Gasteiger partial charge in [0.05, 0.1) is 0 Å². The van der Waals surface area contributed by atoms with Gasteiger partial charge in [0, 0.05) is 23.4 Å². The summed E-state index contributed by atoms with van der Waals surface area (Å²) in [7, 11) is 0. The molecular weight excluding hydrogens is 270 g/mol. The molecule has 0 heterocycles. The Morgan fingerprint density at radius 3 is 1.86 bits per heavy atom. The van der Waals surface area contributed by atoms with Gasteiger partial charge in [-0.25, -0.2) is 0 Å². The zero-order valence-corrected chi connectivity index (χ0v) is 12.2. The molecule has 22 heavy (non-hydrogen) atoms. The molecule has 0 aliphatic rings. The number of Topliss-reactive ketones (excluding diaryl/α,β-unsaturated/α-hetero) is 1. The Labute approximate surface area is 130 Å². The first-order valence-electron chi connectivity index (χ1n) is 7.30. The highest BCUT2D eigenvalue weighted by Crippen LogP contribution is 2.17. The van der Waals surface area contributed by atoms with Crippen molar-refractivity contribution in [3.05, 3.63) is 96.1 Å². The molecule has 0 unspecified atom stereocenters. The lowest BCUT2D eigenvalue weighted by molar-refractivity contribution is 0.0993. The van der Waals surface area contributed by atoms with Crippen LogP contribution < -0.4 is 5.32 Å². The van der Waals surface area contributed by atoms with Crippen LogP contribution in [0.1, 0.15) is 15.9 Å². The van der Waals surface area contributed by atoms with E-state index in [4.69, 9.17) is 0 Å². The third kappa shape index (κ3) is 3.61. The van der Waals surface area contributed by atoms with Gasteiger partial charge >= 0.3 is 0 Å². The van der Waals surface area contributed by atoms with E-state index in [1.54, 1.807) is 0 Å². The number of rotatable bonds is 5. The quantitative estimate of drug-likeness (QED) is 0.679. The molecule has 3 aromatic rings. The van der Waals surface area contributed by atoms with Crippen LogP contribution in [0.15, 0.2) is 84.9 Å². The summed E-state index contributed by atoms with van der Waals surface area (Å²) in [5, 5.41) is 3.31. The highest BCUT2D eigenvalue weighted by Gasteiger charge is 2.06. The second kappa shape index (κ2) is 6.72. The molecule has 2 heteroatoms. The van der Waals surface area contributed by atoms with Crippen molar-refractivity contribution in [2.75, 3.05) is 5.32 Å². The molecular formula is C20H17NO. The molecule has 0 atom stereocenters. The van der Waals surface area contributed by atoms with E-state index in [2.05, 4.69) is 5.32 Å². The zero-order chi connectivity index (χ0) is 15.2. The molecule has 0 amide bonds. The molecule has 3 rings (SSSR count). The molecule has 0 spiro atoms. The Bertz CT molecular complexity index is 734. The fraction of sp³-hybridized carbons (Fsp3) is 0.0500. The van der Waals surface area contributed by atoms with Gasteiger partial charge in [0.1, 0.15) is 0 Å². The lowest BCUT2D eigenvalue weighted by atomic mass is 10.0. The Hall–Kier alpha value is -2.87. The van der Waals surface area contributed by atoms with E-state index in [9.17, 15) is 4.79 Å². The summed E-state index contributed by atoms with van der Waals surface area (Å²) in [6, 6.07) is 27.4. The second-order valence-corrected chi connectivity index (χ2v) is 5.15. The number of benzene rings is 3.